The van der Waals surface area contributed by atoms with Crippen LogP contribution >= 0.6 is 0 Å². The molecule has 0 aromatic rings. The van der Waals surface area contributed by atoms with Crippen molar-refractivity contribution in [2.24, 2.45) is 0 Å². The van der Waals surface area contributed by atoms with Gasteiger partial charge in [0.15, 0.2) is 0 Å². The Bertz CT molecular complexity index is 92.9. The molecule has 7 heteroatoms. The van der Waals surface area contributed by atoms with Gasteiger partial charge < -0.3 is 0 Å². The Hall–Kier alpha value is 3.97. The van der Waals surface area contributed by atoms with E-state index in [0.29, 0.717) is 0 Å². The molecule has 4 nitrogen and oxygen atoms in total. The normalized spacial score (nSPS) is 8.29. The van der Waals surface area contributed by atoms with Crippen LogP contribution in [-0.4, -0.2) is 155 Å². The van der Waals surface area contributed by atoms with Crippen molar-refractivity contribution in [3.8, 4) is 0 Å². The predicted octanol–water partition coefficient (Wildman–Crippen LogP) is -1.41. The van der Waals surface area contributed by atoms with Crippen molar-refractivity contribution in [3.05, 3.63) is 0 Å². The Kier molecular flexibility index (Phi) is 19.8. The van der Waals surface area contributed by atoms with Crippen LogP contribution in [0.5, 0.6) is 0 Å². The van der Waals surface area contributed by atoms with Crippen LogP contribution < -0.4 is 0 Å². The summed E-state index contributed by atoms with van der Waals surface area (Å²) in [5.41, 5.74) is 0. The fourth-order valence-corrected chi connectivity index (χ4v) is 0. The number of hydrogen-bond acceptors (Lipinski definition) is 2. The van der Waals surface area contributed by atoms with E-state index in [-0.39, 0.29) is 138 Å². The van der Waals surface area contributed by atoms with Crippen molar-refractivity contribution in [3.63, 3.8) is 0 Å². The quantitative estimate of drug-likeness (QED) is 0.518. The molecule has 0 aromatic carbocycles. The van der Waals surface area contributed by atoms with Crippen LogP contribution in [0.1, 0.15) is 0 Å². The zero-order valence-electron chi connectivity index (χ0n) is 4.12. The summed E-state index contributed by atoms with van der Waals surface area (Å²) in [6.07, 6.45) is 0. The summed E-state index contributed by atoms with van der Waals surface area (Å²) in [4.78, 5) is 0. The van der Waals surface area contributed by atoms with Crippen molar-refractivity contribution in [1.82, 2.24) is 0 Å². The van der Waals surface area contributed by atoms with Gasteiger partial charge in [0.05, 0.1) is 0 Å². The molecule has 34 valence electrons. The topological polar surface area (TPSA) is 74.6 Å². The van der Waals surface area contributed by atoms with Gasteiger partial charge in [0.2, 0.25) is 0 Å². The van der Waals surface area contributed by atoms with Crippen molar-refractivity contribution in [1.29, 1.82) is 0 Å². The van der Waals surface area contributed by atoms with Gasteiger partial charge in [0.1, 0.15) is 0 Å². The number of hydrogen-bond donors (Lipinski definition) is 2. The smallest absolute Gasteiger partial charge is 0.264 e. The maximum Gasteiger partial charge on any atom is 0.394 e. The molecule has 2 radical (unpaired) electrons. The molecule has 0 heterocycles. The summed E-state index contributed by atoms with van der Waals surface area (Å²) < 4.78 is 31.6. The Morgan fingerprint density at radius 1 is 1.00 bits per heavy atom. The van der Waals surface area contributed by atoms with Crippen molar-refractivity contribution >= 4 is 148 Å². The molecule has 0 unspecified atom stereocenters. The van der Waals surface area contributed by atoms with Gasteiger partial charge in [-0.3, -0.25) is 9.11 Å². The maximum absolute atomic E-state index is 8.74. The molecular weight excluding hydrogens is 362 g/mol. The first-order valence-electron chi connectivity index (χ1n) is 0.698. The summed E-state index contributed by atoms with van der Waals surface area (Å²) in [5.74, 6) is 0. The molecule has 0 rings (SSSR count). The monoisotopic (exact) mass is 364 g/mol. The van der Waals surface area contributed by atoms with E-state index in [2.05, 4.69) is 0 Å². The molecule has 0 fully saturated rings. The van der Waals surface area contributed by atoms with E-state index in [9.17, 15) is 0 Å². The molecule has 0 atom stereocenters. The van der Waals surface area contributed by atoms with Crippen LogP contribution in [0, 0.1) is 0 Å². The van der Waals surface area contributed by atoms with Crippen LogP contribution in [0.25, 0.3) is 0 Å². The summed E-state index contributed by atoms with van der Waals surface area (Å²) in [6, 6.07) is 0. The van der Waals surface area contributed by atoms with E-state index < -0.39 is 10.4 Å². The molecule has 0 aliphatic heterocycles. The molecule has 0 aliphatic carbocycles. The zero-order chi connectivity index (χ0) is 4.50. The van der Waals surface area contributed by atoms with Gasteiger partial charge >= 0.3 is 10.4 Å². The third-order valence-electron chi connectivity index (χ3n) is 0. The van der Waals surface area contributed by atoms with E-state index >= 15 is 0 Å². The summed E-state index contributed by atoms with van der Waals surface area (Å²) in [6.45, 7) is 0. The first-order valence-corrected chi connectivity index (χ1v) is 2.10. The van der Waals surface area contributed by atoms with Gasteiger partial charge in [0.25, 0.3) is 0 Å². The Labute approximate surface area is 160 Å². The largest absolute Gasteiger partial charge is 0.394 e. The first kappa shape index (κ1) is 17.2. The van der Waals surface area contributed by atoms with Crippen LogP contribution in [-0.2, 0) is 10.4 Å². The van der Waals surface area contributed by atoms with Gasteiger partial charge in [-0.05, 0) is 0 Å². The van der Waals surface area contributed by atoms with Crippen LogP contribution in [0.15, 0.2) is 0 Å². The Morgan fingerprint density at radius 3 is 1.00 bits per heavy atom. The van der Waals surface area contributed by atoms with E-state index in [1.54, 1.807) is 0 Å². The molecule has 0 saturated carbocycles. The van der Waals surface area contributed by atoms with Gasteiger partial charge in [-0.1, -0.05) is 0 Å². The van der Waals surface area contributed by atoms with Gasteiger partial charge in [-0.25, -0.2) is 0 Å². The summed E-state index contributed by atoms with van der Waals surface area (Å²) >= 11 is 0. The molecule has 0 amide bonds. The van der Waals surface area contributed by atoms with Crippen molar-refractivity contribution in [2.75, 3.05) is 0 Å². The van der Waals surface area contributed by atoms with Gasteiger partial charge in [0, 0.05) is 138 Å². The third-order valence-corrected chi connectivity index (χ3v) is 0. The molecule has 0 bridgehead atoms. The van der Waals surface area contributed by atoms with E-state index in [1.165, 1.54) is 0 Å². The second-order valence-corrected chi connectivity index (χ2v) is 1.34. The van der Waals surface area contributed by atoms with E-state index in [0.717, 1.165) is 0 Å². The van der Waals surface area contributed by atoms with Gasteiger partial charge in [-0.15, -0.1) is 0 Å². The van der Waals surface area contributed by atoms with Crippen LogP contribution in [0.3, 0.4) is 0 Å². The zero-order valence-corrected chi connectivity index (χ0v) is 17.5. The molecule has 0 aliphatic rings. The summed E-state index contributed by atoms with van der Waals surface area (Å²) in [7, 11) is -4.67. The molecule has 0 saturated heterocycles. The SMILES string of the molecule is O=S(=O)(O)O.[Cs].[Cs]. The summed E-state index contributed by atoms with van der Waals surface area (Å²) in [5, 5.41) is 0. The third kappa shape index (κ3) is 40.2. The molecule has 0 aromatic heterocycles. The van der Waals surface area contributed by atoms with Crippen molar-refractivity contribution in [2.45, 2.75) is 0 Å². The standard InChI is InChI=1S/2Cs.H2O4S/c;;1-5(2,3)4/h;;(H2,1,2,3,4). The van der Waals surface area contributed by atoms with Gasteiger partial charge in [-0.2, -0.15) is 8.42 Å². The predicted molar refractivity (Wildman–Crippen MR) is 25.7 cm³/mol. The molecule has 0 spiro atoms. The second-order valence-electron chi connectivity index (χ2n) is 0.448. The Balaban J connectivity index is -0.0000000800. The van der Waals surface area contributed by atoms with E-state index in [4.69, 9.17) is 17.5 Å². The minimum atomic E-state index is -4.67. The fraction of sp³-hybridized carbons (Fsp3) is 0. The minimum Gasteiger partial charge on any atom is -0.264 e. The average Bonchev–Trinajstić information content (AvgIpc) is 0.722. The maximum atomic E-state index is 8.74. The Morgan fingerprint density at radius 2 is 1.00 bits per heavy atom. The number of rotatable bonds is 0. The molecule has 2 N–H and O–H groups in total. The second kappa shape index (κ2) is 8.07. The molecular formula is H2Cs2O4S. The van der Waals surface area contributed by atoms with Crippen LogP contribution in [0.2, 0.25) is 0 Å². The minimum absolute atomic E-state index is 0. The molecule has 7 heavy (non-hydrogen) atoms. The van der Waals surface area contributed by atoms with E-state index in [1.807, 2.05) is 0 Å². The van der Waals surface area contributed by atoms with Crippen LogP contribution in [0.4, 0.5) is 0 Å². The first-order chi connectivity index (χ1) is 2.00. The fourth-order valence-electron chi connectivity index (χ4n) is 0. The average molecular weight is 364 g/mol. The van der Waals surface area contributed by atoms with Crippen molar-refractivity contribution < 1.29 is 17.5 Å².